The van der Waals surface area contributed by atoms with Gasteiger partial charge in [0.2, 0.25) is 0 Å². The molecular weight excluding hydrogens is 166 g/mol. The summed E-state index contributed by atoms with van der Waals surface area (Å²) in [6.45, 7) is 5.25. The van der Waals surface area contributed by atoms with Crippen LogP contribution in [0.4, 0.5) is 4.79 Å². The average Bonchev–Trinajstić information content (AvgIpc) is 2.15. The van der Waals surface area contributed by atoms with Gasteiger partial charge < -0.3 is 16.0 Å². The lowest BCUT2D eigenvalue weighted by atomic mass is 10.2. The molecule has 0 aliphatic heterocycles. The summed E-state index contributed by atoms with van der Waals surface area (Å²) in [5.41, 5.74) is 5.52. The lowest BCUT2D eigenvalue weighted by Crippen LogP contribution is -2.46. The zero-order valence-corrected chi connectivity index (χ0v) is 8.84. The molecule has 0 aliphatic carbocycles. The van der Waals surface area contributed by atoms with Crippen LogP contribution in [0.3, 0.4) is 0 Å². The summed E-state index contributed by atoms with van der Waals surface area (Å²) >= 11 is 0. The minimum atomic E-state index is -0.0357. The van der Waals surface area contributed by atoms with E-state index in [1.54, 1.807) is 11.9 Å². The molecule has 0 rings (SSSR count). The van der Waals surface area contributed by atoms with Crippen LogP contribution in [0.15, 0.2) is 0 Å². The molecule has 0 aromatic carbocycles. The fourth-order valence-corrected chi connectivity index (χ4v) is 1.03. The van der Waals surface area contributed by atoms with E-state index in [0.29, 0.717) is 6.54 Å². The van der Waals surface area contributed by atoms with Crippen molar-refractivity contribution in [1.82, 2.24) is 10.2 Å². The first kappa shape index (κ1) is 12.2. The molecular formula is C9H21N3O. The highest BCUT2D eigenvalue weighted by atomic mass is 16.2. The van der Waals surface area contributed by atoms with Gasteiger partial charge in [0.05, 0.1) is 0 Å². The molecule has 1 atom stereocenters. The van der Waals surface area contributed by atoms with E-state index in [0.717, 1.165) is 19.4 Å². The normalized spacial score (nSPS) is 12.3. The molecule has 3 N–H and O–H groups in total. The first-order valence-electron chi connectivity index (χ1n) is 4.87. The Bertz CT molecular complexity index is 150. The van der Waals surface area contributed by atoms with E-state index in [9.17, 15) is 4.79 Å². The second kappa shape index (κ2) is 6.71. The monoisotopic (exact) mass is 187 g/mol. The summed E-state index contributed by atoms with van der Waals surface area (Å²) in [7, 11) is 1.77. The minimum Gasteiger partial charge on any atom is -0.334 e. The Kier molecular flexibility index (Phi) is 6.32. The molecule has 0 spiro atoms. The maximum atomic E-state index is 11.4. The maximum absolute atomic E-state index is 11.4. The van der Waals surface area contributed by atoms with Crippen LogP contribution >= 0.6 is 0 Å². The maximum Gasteiger partial charge on any atom is 0.317 e. The topological polar surface area (TPSA) is 58.4 Å². The number of hydrogen-bond acceptors (Lipinski definition) is 2. The summed E-state index contributed by atoms with van der Waals surface area (Å²) in [6.07, 6.45) is 1.98. The molecule has 0 saturated heterocycles. The van der Waals surface area contributed by atoms with E-state index >= 15 is 0 Å². The van der Waals surface area contributed by atoms with Crippen LogP contribution in [-0.4, -0.2) is 37.1 Å². The Morgan fingerprint density at radius 2 is 2.15 bits per heavy atom. The van der Waals surface area contributed by atoms with Crippen molar-refractivity contribution in [1.29, 1.82) is 0 Å². The molecule has 1 unspecified atom stereocenters. The van der Waals surface area contributed by atoms with Crippen molar-refractivity contribution in [2.75, 3.05) is 20.1 Å². The first-order valence-corrected chi connectivity index (χ1v) is 4.87. The van der Waals surface area contributed by atoms with E-state index in [1.165, 1.54) is 0 Å². The molecule has 0 aliphatic rings. The summed E-state index contributed by atoms with van der Waals surface area (Å²) in [4.78, 5) is 13.0. The molecule has 4 nitrogen and oxygen atoms in total. The zero-order valence-electron chi connectivity index (χ0n) is 8.84. The largest absolute Gasteiger partial charge is 0.334 e. The fourth-order valence-electron chi connectivity index (χ4n) is 1.03. The van der Waals surface area contributed by atoms with Gasteiger partial charge in [-0.3, -0.25) is 0 Å². The number of nitrogens with two attached hydrogens (primary N) is 1. The van der Waals surface area contributed by atoms with E-state index in [2.05, 4.69) is 12.2 Å². The number of urea groups is 1. The standard InChI is InChI=1S/C9H21N3O/c1-4-6-8(7-10)11-9(13)12(3)5-2/h8H,4-7,10H2,1-3H3,(H,11,13). The lowest BCUT2D eigenvalue weighted by molar-refractivity contribution is 0.206. The number of rotatable bonds is 5. The third kappa shape index (κ3) is 4.72. The van der Waals surface area contributed by atoms with E-state index in [4.69, 9.17) is 5.73 Å². The molecule has 4 heteroatoms. The van der Waals surface area contributed by atoms with Crippen LogP contribution in [0.2, 0.25) is 0 Å². The van der Waals surface area contributed by atoms with E-state index < -0.39 is 0 Å². The van der Waals surface area contributed by atoms with Crippen LogP contribution in [0.25, 0.3) is 0 Å². The molecule has 0 heterocycles. The Balaban J connectivity index is 3.85. The zero-order chi connectivity index (χ0) is 10.3. The molecule has 0 radical (unpaired) electrons. The lowest BCUT2D eigenvalue weighted by Gasteiger charge is -2.21. The van der Waals surface area contributed by atoms with Crippen LogP contribution in [0, 0.1) is 0 Å². The summed E-state index contributed by atoms with van der Waals surface area (Å²) < 4.78 is 0. The second-order valence-corrected chi connectivity index (χ2v) is 3.18. The minimum absolute atomic E-state index is 0.0357. The second-order valence-electron chi connectivity index (χ2n) is 3.18. The predicted molar refractivity (Wildman–Crippen MR) is 54.6 cm³/mol. The van der Waals surface area contributed by atoms with Crippen molar-refractivity contribution in [2.24, 2.45) is 5.73 Å². The van der Waals surface area contributed by atoms with Gasteiger partial charge in [-0.1, -0.05) is 13.3 Å². The SMILES string of the molecule is CCCC(CN)NC(=O)N(C)CC. The van der Waals surface area contributed by atoms with Gasteiger partial charge in [0.15, 0.2) is 0 Å². The van der Waals surface area contributed by atoms with Crippen molar-refractivity contribution < 1.29 is 4.79 Å². The van der Waals surface area contributed by atoms with Gasteiger partial charge in [-0.15, -0.1) is 0 Å². The molecule has 2 amide bonds. The fraction of sp³-hybridized carbons (Fsp3) is 0.889. The highest BCUT2D eigenvalue weighted by Crippen LogP contribution is 1.95. The van der Waals surface area contributed by atoms with Crippen LogP contribution in [0.5, 0.6) is 0 Å². The van der Waals surface area contributed by atoms with Gasteiger partial charge in [0, 0.05) is 26.2 Å². The molecule has 0 saturated carbocycles. The van der Waals surface area contributed by atoms with Gasteiger partial charge in [0.1, 0.15) is 0 Å². The molecule has 0 fully saturated rings. The van der Waals surface area contributed by atoms with Gasteiger partial charge in [-0.25, -0.2) is 4.79 Å². The van der Waals surface area contributed by atoms with Crippen LogP contribution < -0.4 is 11.1 Å². The molecule has 0 bridgehead atoms. The number of carbonyl (C=O) groups is 1. The Hall–Kier alpha value is -0.770. The van der Waals surface area contributed by atoms with Crippen molar-refractivity contribution >= 4 is 6.03 Å². The molecule has 0 aromatic heterocycles. The van der Waals surface area contributed by atoms with E-state index in [1.807, 2.05) is 6.92 Å². The predicted octanol–water partition coefficient (Wildman–Crippen LogP) is 0.775. The van der Waals surface area contributed by atoms with Crippen LogP contribution in [0.1, 0.15) is 26.7 Å². The molecule has 78 valence electrons. The third-order valence-corrected chi connectivity index (χ3v) is 2.07. The Morgan fingerprint density at radius 1 is 1.54 bits per heavy atom. The first-order chi connectivity index (χ1) is 6.15. The Labute approximate surface area is 80.5 Å². The number of amides is 2. The van der Waals surface area contributed by atoms with Gasteiger partial charge in [-0.05, 0) is 13.3 Å². The van der Waals surface area contributed by atoms with E-state index in [-0.39, 0.29) is 12.1 Å². The highest BCUT2D eigenvalue weighted by Gasteiger charge is 2.11. The number of hydrogen-bond donors (Lipinski definition) is 2. The third-order valence-electron chi connectivity index (χ3n) is 2.07. The van der Waals surface area contributed by atoms with Crippen molar-refractivity contribution in [2.45, 2.75) is 32.7 Å². The van der Waals surface area contributed by atoms with Crippen molar-refractivity contribution in [3.63, 3.8) is 0 Å². The smallest absolute Gasteiger partial charge is 0.317 e. The van der Waals surface area contributed by atoms with Crippen LogP contribution in [-0.2, 0) is 0 Å². The number of nitrogens with zero attached hydrogens (tertiary/aromatic N) is 1. The summed E-state index contributed by atoms with van der Waals surface area (Å²) in [6, 6.07) is 0.0814. The summed E-state index contributed by atoms with van der Waals surface area (Å²) in [5.74, 6) is 0. The molecule has 0 aromatic rings. The quantitative estimate of drug-likeness (QED) is 0.668. The van der Waals surface area contributed by atoms with Gasteiger partial charge >= 0.3 is 6.03 Å². The number of carbonyl (C=O) groups excluding carboxylic acids is 1. The van der Waals surface area contributed by atoms with Crippen molar-refractivity contribution in [3.05, 3.63) is 0 Å². The van der Waals surface area contributed by atoms with Gasteiger partial charge in [-0.2, -0.15) is 0 Å². The molecule has 13 heavy (non-hydrogen) atoms. The summed E-state index contributed by atoms with van der Waals surface area (Å²) in [5, 5.41) is 2.88. The average molecular weight is 187 g/mol. The Morgan fingerprint density at radius 3 is 2.54 bits per heavy atom. The highest BCUT2D eigenvalue weighted by molar-refractivity contribution is 5.74. The van der Waals surface area contributed by atoms with Gasteiger partial charge in [0.25, 0.3) is 0 Å². The van der Waals surface area contributed by atoms with Crippen molar-refractivity contribution in [3.8, 4) is 0 Å². The number of nitrogens with one attached hydrogen (secondary N) is 1.